The third-order valence-corrected chi connectivity index (χ3v) is 3.98. The minimum Gasteiger partial charge on any atom is -0.292 e. The fourth-order valence-electron chi connectivity index (χ4n) is 2.70. The first kappa shape index (κ1) is 13.6. The van der Waals surface area contributed by atoms with Crippen LogP contribution in [0.5, 0.6) is 0 Å². The van der Waals surface area contributed by atoms with E-state index in [1.807, 2.05) is 13.8 Å². The van der Waals surface area contributed by atoms with Gasteiger partial charge in [-0.15, -0.1) is 0 Å². The monoisotopic (exact) mass is 268 g/mol. The first-order chi connectivity index (χ1) is 8.61. The third-order valence-electron chi connectivity index (χ3n) is 3.70. The second-order valence-electron chi connectivity index (χ2n) is 5.43. The van der Waals surface area contributed by atoms with Crippen molar-refractivity contribution in [3.8, 4) is 0 Å². The molecule has 0 bridgehead atoms. The van der Waals surface area contributed by atoms with Crippen LogP contribution >= 0.6 is 11.6 Å². The van der Waals surface area contributed by atoms with Crippen LogP contribution in [0.4, 0.5) is 0 Å². The number of hydrogen-bond donors (Lipinski definition) is 0. The lowest BCUT2D eigenvalue weighted by molar-refractivity contribution is 0.0895. The lowest BCUT2D eigenvalue weighted by Crippen LogP contribution is -2.20. The Bertz CT molecular complexity index is 417. The first-order valence-electron chi connectivity index (χ1n) is 6.88. The second kappa shape index (κ2) is 5.87. The van der Waals surface area contributed by atoms with Crippen LogP contribution in [0.2, 0.25) is 5.02 Å². The number of carbonyl (C=O) groups is 1. The number of aromatic nitrogens is 2. The maximum absolute atomic E-state index is 12.6. The van der Waals surface area contributed by atoms with Crippen LogP contribution in [0.25, 0.3) is 0 Å². The summed E-state index contributed by atoms with van der Waals surface area (Å²) in [5.41, 5.74) is 0.610. The number of rotatable bonds is 3. The number of Topliss-reactive ketones (excluding diaryl/α,β-unsaturated/α-hetero) is 1. The summed E-state index contributed by atoms with van der Waals surface area (Å²) in [6.45, 7) is 4.04. The van der Waals surface area contributed by atoms with E-state index in [-0.39, 0.29) is 17.7 Å². The molecular formula is C14H21ClN2O. The van der Waals surface area contributed by atoms with Gasteiger partial charge < -0.3 is 0 Å². The van der Waals surface area contributed by atoms with Gasteiger partial charge in [-0.3, -0.25) is 9.48 Å². The molecule has 0 aliphatic heterocycles. The van der Waals surface area contributed by atoms with Crippen LogP contribution in [-0.4, -0.2) is 15.6 Å². The molecule has 3 nitrogen and oxygen atoms in total. The minimum atomic E-state index is 0.138. The summed E-state index contributed by atoms with van der Waals surface area (Å²) in [6, 6.07) is 0.169. The molecule has 0 N–H and O–H groups in total. The van der Waals surface area contributed by atoms with Crippen molar-refractivity contribution < 1.29 is 4.79 Å². The fraction of sp³-hybridized carbons (Fsp3) is 0.714. The van der Waals surface area contributed by atoms with Gasteiger partial charge in [0.1, 0.15) is 5.69 Å². The first-order valence-corrected chi connectivity index (χ1v) is 7.26. The van der Waals surface area contributed by atoms with Gasteiger partial charge in [-0.05, 0) is 26.7 Å². The fourth-order valence-corrected chi connectivity index (χ4v) is 2.92. The molecule has 1 heterocycles. The van der Waals surface area contributed by atoms with Crippen LogP contribution < -0.4 is 0 Å². The van der Waals surface area contributed by atoms with Gasteiger partial charge in [0.25, 0.3) is 0 Å². The smallest absolute Gasteiger partial charge is 0.185 e. The highest BCUT2D eigenvalue weighted by Gasteiger charge is 2.27. The van der Waals surface area contributed by atoms with E-state index in [1.165, 1.54) is 12.8 Å². The van der Waals surface area contributed by atoms with Gasteiger partial charge >= 0.3 is 0 Å². The number of halogens is 1. The molecule has 0 aromatic carbocycles. The lowest BCUT2D eigenvalue weighted by Gasteiger charge is -2.16. The Morgan fingerprint density at radius 1 is 1.33 bits per heavy atom. The van der Waals surface area contributed by atoms with E-state index in [0.29, 0.717) is 10.7 Å². The maximum Gasteiger partial charge on any atom is 0.185 e. The molecule has 0 amide bonds. The summed E-state index contributed by atoms with van der Waals surface area (Å²) in [4.78, 5) is 12.6. The highest BCUT2D eigenvalue weighted by atomic mass is 35.5. The molecule has 2 rings (SSSR count). The molecule has 1 aliphatic carbocycles. The van der Waals surface area contributed by atoms with Crippen molar-refractivity contribution in [2.24, 2.45) is 5.92 Å². The topological polar surface area (TPSA) is 34.9 Å². The predicted octanol–water partition coefficient (Wildman–Crippen LogP) is 4.27. The summed E-state index contributed by atoms with van der Waals surface area (Å²) in [5.74, 6) is 0.326. The molecule has 100 valence electrons. The van der Waals surface area contributed by atoms with E-state index in [2.05, 4.69) is 5.10 Å². The molecule has 1 aliphatic rings. The molecule has 0 radical (unpaired) electrons. The number of carbonyl (C=O) groups excluding carboxylic acids is 1. The molecule has 0 saturated heterocycles. The zero-order valence-corrected chi connectivity index (χ0v) is 11.9. The van der Waals surface area contributed by atoms with Gasteiger partial charge in [-0.2, -0.15) is 5.10 Å². The highest BCUT2D eigenvalue weighted by molar-refractivity contribution is 6.33. The maximum atomic E-state index is 12.6. The Morgan fingerprint density at radius 3 is 2.50 bits per heavy atom. The number of nitrogens with zero attached hydrogens (tertiary/aromatic N) is 2. The highest BCUT2D eigenvalue weighted by Crippen LogP contribution is 2.29. The van der Waals surface area contributed by atoms with Crippen LogP contribution in [0, 0.1) is 5.92 Å². The van der Waals surface area contributed by atoms with Gasteiger partial charge in [0.15, 0.2) is 5.78 Å². The molecule has 0 atom stereocenters. The number of hydrogen-bond acceptors (Lipinski definition) is 2. The summed E-state index contributed by atoms with van der Waals surface area (Å²) >= 11 is 6.14. The quantitative estimate of drug-likeness (QED) is 0.606. The summed E-state index contributed by atoms with van der Waals surface area (Å²) < 4.78 is 1.76. The normalized spacial score (nSPS) is 18.0. The van der Waals surface area contributed by atoms with Crippen molar-refractivity contribution in [3.05, 3.63) is 16.9 Å². The van der Waals surface area contributed by atoms with E-state index in [4.69, 9.17) is 11.6 Å². The Labute approximate surface area is 114 Å². The Morgan fingerprint density at radius 2 is 1.94 bits per heavy atom. The van der Waals surface area contributed by atoms with Gasteiger partial charge in [0.2, 0.25) is 0 Å². The average molecular weight is 269 g/mol. The van der Waals surface area contributed by atoms with E-state index >= 15 is 0 Å². The molecule has 1 aromatic rings. The molecule has 1 fully saturated rings. The molecule has 0 spiro atoms. The van der Waals surface area contributed by atoms with Gasteiger partial charge in [0, 0.05) is 12.0 Å². The van der Waals surface area contributed by atoms with Gasteiger partial charge in [-0.1, -0.05) is 37.3 Å². The molecule has 1 saturated carbocycles. The summed E-state index contributed by atoms with van der Waals surface area (Å²) in [6.07, 6.45) is 8.40. The van der Waals surface area contributed by atoms with E-state index in [0.717, 1.165) is 25.7 Å². The average Bonchev–Trinajstić information content (AvgIpc) is 2.56. The van der Waals surface area contributed by atoms with Crippen LogP contribution in [-0.2, 0) is 0 Å². The van der Waals surface area contributed by atoms with Gasteiger partial charge in [-0.25, -0.2) is 0 Å². The Kier molecular flexibility index (Phi) is 4.44. The van der Waals surface area contributed by atoms with Crippen molar-refractivity contribution in [3.63, 3.8) is 0 Å². The van der Waals surface area contributed by atoms with Crippen LogP contribution in [0.15, 0.2) is 6.20 Å². The van der Waals surface area contributed by atoms with Crippen molar-refractivity contribution in [1.82, 2.24) is 9.78 Å². The van der Waals surface area contributed by atoms with E-state index in [1.54, 1.807) is 10.9 Å². The van der Waals surface area contributed by atoms with E-state index in [9.17, 15) is 4.79 Å². The second-order valence-corrected chi connectivity index (χ2v) is 5.84. The van der Waals surface area contributed by atoms with E-state index < -0.39 is 0 Å². The molecule has 4 heteroatoms. The minimum absolute atomic E-state index is 0.138. The van der Waals surface area contributed by atoms with Crippen molar-refractivity contribution in [1.29, 1.82) is 0 Å². The largest absolute Gasteiger partial charge is 0.292 e. The molecule has 1 aromatic heterocycles. The zero-order chi connectivity index (χ0) is 13.1. The number of ketones is 1. The molecule has 0 unspecified atom stereocenters. The Hall–Kier alpha value is -0.830. The van der Waals surface area contributed by atoms with Crippen molar-refractivity contribution >= 4 is 17.4 Å². The summed E-state index contributed by atoms with van der Waals surface area (Å²) in [5, 5.41) is 4.72. The predicted molar refractivity (Wildman–Crippen MR) is 73.1 cm³/mol. The molecule has 18 heavy (non-hydrogen) atoms. The van der Waals surface area contributed by atoms with Crippen molar-refractivity contribution in [2.75, 3.05) is 0 Å². The third kappa shape index (κ3) is 2.77. The van der Waals surface area contributed by atoms with Crippen LogP contribution in [0.1, 0.15) is 68.9 Å². The van der Waals surface area contributed by atoms with Gasteiger partial charge in [0.05, 0.1) is 11.2 Å². The van der Waals surface area contributed by atoms with Crippen molar-refractivity contribution in [2.45, 2.75) is 58.4 Å². The SMILES string of the molecule is CC(C)n1ncc(Cl)c1C(=O)C1CCCCCC1. The standard InChI is InChI=1S/C14H21ClN2O/c1-10(2)17-13(12(15)9-16-17)14(18)11-7-5-3-4-6-8-11/h9-11H,3-8H2,1-2H3. The molecular weight excluding hydrogens is 248 g/mol. The summed E-state index contributed by atoms with van der Waals surface area (Å²) in [7, 11) is 0. The lowest BCUT2D eigenvalue weighted by atomic mass is 9.93. The van der Waals surface area contributed by atoms with Crippen LogP contribution in [0.3, 0.4) is 0 Å². The zero-order valence-electron chi connectivity index (χ0n) is 11.2. The Balaban J connectivity index is 2.24.